The zero-order valence-corrected chi connectivity index (χ0v) is 10.6. The van der Waals surface area contributed by atoms with Crippen LogP contribution in [0.2, 0.25) is 0 Å². The van der Waals surface area contributed by atoms with Crippen molar-refractivity contribution in [2.24, 2.45) is 0 Å². The van der Waals surface area contributed by atoms with E-state index in [1.54, 1.807) is 6.07 Å². The van der Waals surface area contributed by atoms with E-state index in [9.17, 15) is 0 Å². The molecule has 0 aliphatic carbocycles. The standard InChI is InChI=1S/C14H18N4/c1-2-6-13-17-12(15)9-14(18-13)16-10-11-7-4-3-5-8-11/h3-5,7-9H,2,6,10H2,1H3,(H3,15,16,17,18). The highest BCUT2D eigenvalue weighted by atomic mass is 15.0. The average Bonchev–Trinajstić information content (AvgIpc) is 2.37. The van der Waals surface area contributed by atoms with Crippen LogP contribution in [0.4, 0.5) is 11.6 Å². The Bertz CT molecular complexity index is 496. The molecular formula is C14H18N4. The van der Waals surface area contributed by atoms with Crippen LogP contribution in [0.5, 0.6) is 0 Å². The maximum Gasteiger partial charge on any atom is 0.133 e. The Labute approximate surface area is 107 Å². The predicted molar refractivity (Wildman–Crippen MR) is 74.2 cm³/mol. The van der Waals surface area contributed by atoms with Crippen LogP contribution in [0, 0.1) is 0 Å². The van der Waals surface area contributed by atoms with E-state index >= 15 is 0 Å². The van der Waals surface area contributed by atoms with Crippen molar-refractivity contribution in [3.05, 3.63) is 47.8 Å². The second kappa shape index (κ2) is 6.00. The van der Waals surface area contributed by atoms with E-state index < -0.39 is 0 Å². The third-order valence-electron chi connectivity index (χ3n) is 2.58. The molecule has 0 saturated carbocycles. The van der Waals surface area contributed by atoms with Crippen LogP contribution in [0.25, 0.3) is 0 Å². The lowest BCUT2D eigenvalue weighted by Crippen LogP contribution is -2.06. The summed E-state index contributed by atoms with van der Waals surface area (Å²) in [6.45, 7) is 2.84. The maximum atomic E-state index is 5.77. The highest BCUT2D eigenvalue weighted by Crippen LogP contribution is 2.11. The van der Waals surface area contributed by atoms with E-state index in [1.165, 1.54) is 5.56 Å². The second-order valence-electron chi connectivity index (χ2n) is 4.18. The number of nitrogens with one attached hydrogen (secondary N) is 1. The second-order valence-corrected chi connectivity index (χ2v) is 4.18. The molecular weight excluding hydrogens is 224 g/mol. The van der Waals surface area contributed by atoms with Gasteiger partial charge >= 0.3 is 0 Å². The fourth-order valence-electron chi connectivity index (χ4n) is 1.73. The number of nitrogen functional groups attached to an aromatic ring is 1. The third-order valence-corrected chi connectivity index (χ3v) is 2.58. The molecule has 0 fully saturated rings. The minimum Gasteiger partial charge on any atom is -0.384 e. The Balaban J connectivity index is 2.05. The van der Waals surface area contributed by atoms with Crippen molar-refractivity contribution in [2.75, 3.05) is 11.1 Å². The lowest BCUT2D eigenvalue weighted by Gasteiger charge is -2.08. The first kappa shape index (κ1) is 12.4. The molecule has 3 N–H and O–H groups in total. The minimum atomic E-state index is 0.518. The smallest absolute Gasteiger partial charge is 0.133 e. The monoisotopic (exact) mass is 242 g/mol. The summed E-state index contributed by atoms with van der Waals surface area (Å²) in [5, 5.41) is 3.27. The van der Waals surface area contributed by atoms with Crippen molar-refractivity contribution in [2.45, 2.75) is 26.3 Å². The van der Waals surface area contributed by atoms with Gasteiger partial charge in [0, 0.05) is 19.0 Å². The number of anilines is 2. The van der Waals surface area contributed by atoms with Crippen LogP contribution in [0.3, 0.4) is 0 Å². The lowest BCUT2D eigenvalue weighted by molar-refractivity contribution is 0.836. The molecule has 4 nitrogen and oxygen atoms in total. The predicted octanol–water partition coefficient (Wildman–Crippen LogP) is 2.62. The van der Waals surface area contributed by atoms with Gasteiger partial charge < -0.3 is 11.1 Å². The van der Waals surface area contributed by atoms with Gasteiger partial charge in [-0.25, -0.2) is 9.97 Å². The van der Waals surface area contributed by atoms with Crippen molar-refractivity contribution in [3.63, 3.8) is 0 Å². The van der Waals surface area contributed by atoms with Gasteiger partial charge in [0.15, 0.2) is 0 Å². The van der Waals surface area contributed by atoms with Crippen LogP contribution in [0.15, 0.2) is 36.4 Å². The largest absolute Gasteiger partial charge is 0.384 e. The van der Waals surface area contributed by atoms with Gasteiger partial charge in [0.2, 0.25) is 0 Å². The Morgan fingerprint density at radius 3 is 2.67 bits per heavy atom. The van der Waals surface area contributed by atoms with E-state index in [1.807, 2.05) is 18.2 Å². The number of hydrogen-bond acceptors (Lipinski definition) is 4. The van der Waals surface area contributed by atoms with Crippen molar-refractivity contribution in [3.8, 4) is 0 Å². The van der Waals surface area contributed by atoms with Crippen LogP contribution in [0.1, 0.15) is 24.7 Å². The van der Waals surface area contributed by atoms with E-state index in [0.717, 1.165) is 31.0 Å². The number of rotatable bonds is 5. The number of aryl methyl sites for hydroxylation is 1. The first-order chi connectivity index (χ1) is 8.78. The summed E-state index contributed by atoms with van der Waals surface area (Å²) in [4.78, 5) is 8.64. The third kappa shape index (κ3) is 3.45. The van der Waals surface area contributed by atoms with Crippen LogP contribution in [-0.2, 0) is 13.0 Å². The van der Waals surface area contributed by atoms with E-state index in [-0.39, 0.29) is 0 Å². The minimum absolute atomic E-state index is 0.518. The molecule has 1 aromatic carbocycles. The zero-order chi connectivity index (χ0) is 12.8. The number of hydrogen-bond donors (Lipinski definition) is 2. The number of nitrogens with zero attached hydrogens (tertiary/aromatic N) is 2. The van der Waals surface area contributed by atoms with Gasteiger partial charge in [-0.05, 0) is 12.0 Å². The van der Waals surface area contributed by atoms with Crippen molar-refractivity contribution >= 4 is 11.6 Å². The molecule has 0 amide bonds. The lowest BCUT2D eigenvalue weighted by atomic mass is 10.2. The van der Waals surface area contributed by atoms with E-state index in [0.29, 0.717) is 5.82 Å². The summed E-state index contributed by atoms with van der Waals surface area (Å²) in [6.07, 6.45) is 1.87. The molecule has 0 aliphatic rings. The Kier molecular flexibility index (Phi) is 4.12. The Morgan fingerprint density at radius 1 is 1.17 bits per heavy atom. The van der Waals surface area contributed by atoms with Crippen LogP contribution >= 0.6 is 0 Å². The molecule has 18 heavy (non-hydrogen) atoms. The fraction of sp³-hybridized carbons (Fsp3) is 0.286. The maximum absolute atomic E-state index is 5.77. The highest BCUT2D eigenvalue weighted by molar-refractivity contribution is 5.45. The normalized spacial score (nSPS) is 10.3. The highest BCUT2D eigenvalue weighted by Gasteiger charge is 2.01. The topological polar surface area (TPSA) is 63.8 Å². The fourth-order valence-corrected chi connectivity index (χ4v) is 1.73. The van der Waals surface area contributed by atoms with Gasteiger partial charge in [0.05, 0.1) is 0 Å². The summed E-state index contributed by atoms with van der Waals surface area (Å²) in [5.74, 6) is 2.10. The molecule has 2 rings (SSSR count). The van der Waals surface area contributed by atoms with Gasteiger partial charge in [-0.1, -0.05) is 37.3 Å². The molecule has 0 saturated heterocycles. The van der Waals surface area contributed by atoms with E-state index in [2.05, 4.69) is 34.3 Å². The molecule has 1 heterocycles. The summed E-state index contributed by atoms with van der Waals surface area (Å²) in [6, 6.07) is 12.0. The Morgan fingerprint density at radius 2 is 1.94 bits per heavy atom. The molecule has 0 atom stereocenters. The number of nitrogens with two attached hydrogens (primary N) is 1. The van der Waals surface area contributed by atoms with Crippen molar-refractivity contribution in [1.82, 2.24) is 9.97 Å². The van der Waals surface area contributed by atoms with Gasteiger partial charge in [-0.2, -0.15) is 0 Å². The average molecular weight is 242 g/mol. The molecule has 0 aliphatic heterocycles. The molecule has 1 aromatic heterocycles. The van der Waals surface area contributed by atoms with Crippen LogP contribution in [-0.4, -0.2) is 9.97 Å². The van der Waals surface area contributed by atoms with Crippen molar-refractivity contribution < 1.29 is 0 Å². The summed E-state index contributed by atoms with van der Waals surface area (Å²) in [7, 11) is 0. The molecule has 0 spiro atoms. The molecule has 2 aromatic rings. The molecule has 4 heteroatoms. The Hall–Kier alpha value is -2.10. The molecule has 0 bridgehead atoms. The summed E-state index contributed by atoms with van der Waals surface area (Å²) < 4.78 is 0. The quantitative estimate of drug-likeness (QED) is 0.846. The van der Waals surface area contributed by atoms with Gasteiger partial charge in [0.1, 0.15) is 17.5 Å². The van der Waals surface area contributed by atoms with Gasteiger partial charge in [-0.3, -0.25) is 0 Å². The number of aromatic nitrogens is 2. The zero-order valence-electron chi connectivity index (χ0n) is 10.6. The molecule has 0 radical (unpaired) electrons. The molecule has 94 valence electrons. The number of benzene rings is 1. The SMILES string of the molecule is CCCc1nc(N)cc(NCc2ccccc2)n1. The van der Waals surface area contributed by atoms with E-state index in [4.69, 9.17) is 5.73 Å². The van der Waals surface area contributed by atoms with Gasteiger partial charge in [0.25, 0.3) is 0 Å². The van der Waals surface area contributed by atoms with Crippen molar-refractivity contribution in [1.29, 1.82) is 0 Å². The van der Waals surface area contributed by atoms with Gasteiger partial charge in [-0.15, -0.1) is 0 Å². The first-order valence-corrected chi connectivity index (χ1v) is 6.19. The summed E-state index contributed by atoms with van der Waals surface area (Å²) >= 11 is 0. The molecule has 0 unspecified atom stereocenters. The first-order valence-electron chi connectivity index (χ1n) is 6.19. The summed E-state index contributed by atoms with van der Waals surface area (Å²) in [5.41, 5.74) is 6.98. The van der Waals surface area contributed by atoms with Crippen LogP contribution < -0.4 is 11.1 Å².